The summed E-state index contributed by atoms with van der Waals surface area (Å²) in [5.41, 5.74) is -0.626. The van der Waals surface area contributed by atoms with Gasteiger partial charge in [-0.25, -0.2) is 4.79 Å². The average molecular weight is 364 g/mol. The van der Waals surface area contributed by atoms with Gasteiger partial charge in [0, 0.05) is 12.1 Å². The van der Waals surface area contributed by atoms with Crippen molar-refractivity contribution in [3.8, 4) is 0 Å². The molecular weight excluding hydrogens is 332 g/mol. The summed E-state index contributed by atoms with van der Waals surface area (Å²) < 4.78 is 11.0. The Morgan fingerprint density at radius 1 is 1.08 bits per heavy atom. The molecule has 5 fully saturated rings. The average Bonchev–Trinajstić information content (AvgIpc) is 2.51. The molecule has 2 amide bonds. The number of hydrogen-bond donors (Lipinski definition) is 1. The van der Waals surface area contributed by atoms with Gasteiger partial charge in [-0.05, 0) is 77.0 Å². The van der Waals surface area contributed by atoms with Gasteiger partial charge in [-0.3, -0.25) is 9.69 Å². The quantitative estimate of drug-likeness (QED) is 0.818. The Bertz CT molecular complexity index is 548. The number of morpholine rings is 1. The van der Waals surface area contributed by atoms with E-state index in [1.165, 1.54) is 19.3 Å². The number of carbonyl (C=O) groups is 2. The van der Waals surface area contributed by atoms with E-state index >= 15 is 0 Å². The van der Waals surface area contributed by atoms with Crippen molar-refractivity contribution in [2.24, 2.45) is 17.8 Å². The zero-order valence-electron chi connectivity index (χ0n) is 16.3. The van der Waals surface area contributed by atoms with Crippen LogP contribution in [0.3, 0.4) is 0 Å². The zero-order chi connectivity index (χ0) is 18.5. The van der Waals surface area contributed by atoms with Crippen LogP contribution >= 0.6 is 0 Å². The SMILES string of the molecule is CC(C)(C)OC(=O)N1CCOC[C@@H]1C(=O)NC12CC3CC(CC(C3)C1)C2. The molecule has 146 valence electrons. The highest BCUT2D eigenvalue weighted by molar-refractivity contribution is 5.86. The van der Waals surface area contributed by atoms with Crippen LogP contribution in [0.15, 0.2) is 0 Å². The van der Waals surface area contributed by atoms with E-state index in [0.29, 0.717) is 13.2 Å². The molecule has 0 aromatic rings. The summed E-state index contributed by atoms with van der Waals surface area (Å²) in [6.07, 6.45) is 6.90. The molecule has 1 atom stereocenters. The molecule has 0 aromatic heterocycles. The second-order valence-electron chi connectivity index (χ2n) is 9.95. The van der Waals surface area contributed by atoms with Crippen LogP contribution in [-0.2, 0) is 14.3 Å². The van der Waals surface area contributed by atoms with Crippen LogP contribution in [0.4, 0.5) is 4.79 Å². The molecule has 6 heteroatoms. The third-order valence-corrected chi connectivity index (χ3v) is 6.49. The first-order valence-corrected chi connectivity index (χ1v) is 10.1. The van der Waals surface area contributed by atoms with Crippen LogP contribution in [0.5, 0.6) is 0 Å². The summed E-state index contributed by atoms with van der Waals surface area (Å²) in [6.45, 7) is 6.62. The number of carbonyl (C=O) groups excluding carboxylic acids is 2. The van der Waals surface area contributed by atoms with E-state index in [4.69, 9.17) is 9.47 Å². The van der Waals surface area contributed by atoms with E-state index < -0.39 is 17.7 Å². The van der Waals surface area contributed by atoms with Crippen LogP contribution < -0.4 is 5.32 Å². The Kier molecular flexibility index (Phi) is 4.45. The Labute approximate surface area is 156 Å². The highest BCUT2D eigenvalue weighted by Gasteiger charge is 2.52. The van der Waals surface area contributed by atoms with Gasteiger partial charge in [0.1, 0.15) is 11.6 Å². The number of nitrogens with one attached hydrogen (secondary N) is 1. The Morgan fingerprint density at radius 3 is 2.19 bits per heavy atom. The third kappa shape index (κ3) is 3.57. The molecule has 1 aliphatic heterocycles. The van der Waals surface area contributed by atoms with Gasteiger partial charge in [0.2, 0.25) is 5.91 Å². The predicted octanol–water partition coefficient (Wildman–Crippen LogP) is 2.71. The van der Waals surface area contributed by atoms with E-state index in [2.05, 4.69) is 5.32 Å². The lowest BCUT2D eigenvalue weighted by Crippen LogP contribution is -2.64. The van der Waals surface area contributed by atoms with Gasteiger partial charge in [0.05, 0.1) is 13.2 Å². The fourth-order valence-electron chi connectivity index (χ4n) is 5.97. The summed E-state index contributed by atoms with van der Waals surface area (Å²) >= 11 is 0. The Morgan fingerprint density at radius 2 is 1.65 bits per heavy atom. The van der Waals surface area contributed by atoms with Crippen LogP contribution in [0, 0.1) is 17.8 Å². The van der Waals surface area contributed by atoms with Gasteiger partial charge in [0.25, 0.3) is 0 Å². The van der Waals surface area contributed by atoms with Crippen molar-refractivity contribution in [1.82, 2.24) is 10.2 Å². The first kappa shape index (κ1) is 18.1. The Balaban J connectivity index is 1.45. The minimum Gasteiger partial charge on any atom is -0.444 e. The van der Waals surface area contributed by atoms with Gasteiger partial charge >= 0.3 is 6.09 Å². The lowest BCUT2D eigenvalue weighted by Gasteiger charge is -2.57. The number of rotatable bonds is 2. The van der Waals surface area contributed by atoms with Gasteiger partial charge in [-0.2, -0.15) is 0 Å². The van der Waals surface area contributed by atoms with Gasteiger partial charge in [0.15, 0.2) is 0 Å². The van der Waals surface area contributed by atoms with Gasteiger partial charge in [-0.1, -0.05) is 0 Å². The van der Waals surface area contributed by atoms with E-state index in [0.717, 1.165) is 37.0 Å². The molecule has 5 rings (SSSR count). The molecule has 1 heterocycles. The summed E-state index contributed by atoms with van der Waals surface area (Å²) in [4.78, 5) is 27.2. The number of ether oxygens (including phenoxy) is 2. The third-order valence-electron chi connectivity index (χ3n) is 6.49. The molecule has 4 bridgehead atoms. The van der Waals surface area contributed by atoms with Crippen molar-refractivity contribution in [3.05, 3.63) is 0 Å². The summed E-state index contributed by atoms with van der Waals surface area (Å²) in [5.74, 6) is 2.24. The molecule has 1 saturated heterocycles. The molecule has 0 radical (unpaired) electrons. The largest absolute Gasteiger partial charge is 0.444 e. The summed E-state index contributed by atoms with van der Waals surface area (Å²) in [6, 6.07) is -0.591. The monoisotopic (exact) mass is 364 g/mol. The molecule has 0 spiro atoms. The van der Waals surface area contributed by atoms with Crippen molar-refractivity contribution >= 4 is 12.0 Å². The van der Waals surface area contributed by atoms with Gasteiger partial charge in [-0.15, -0.1) is 0 Å². The molecule has 5 aliphatic rings. The van der Waals surface area contributed by atoms with Crippen molar-refractivity contribution in [2.45, 2.75) is 76.5 Å². The second-order valence-corrected chi connectivity index (χ2v) is 9.95. The van der Waals surface area contributed by atoms with Gasteiger partial charge < -0.3 is 14.8 Å². The van der Waals surface area contributed by atoms with Crippen LogP contribution in [-0.4, -0.2) is 53.8 Å². The number of amides is 2. The van der Waals surface area contributed by atoms with Crippen molar-refractivity contribution in [3.63, 3.8) is 0 Å². The van der Waals surface area contributed by atoms with E-state index in [1.807, 2.05) is 20.8 Å². The van der Waals surface area contributed by atoms with E-state index in [-0.39, 0.29) is 18.1 Å². The number of nitrogens with zero attached hydrogens (tertiary/aromatic N) is 1. The van der Waals surface area contributed by atoms with E-state index in [9.17, 15) is 9.59 Å². The minimum atomic E-state index is -0.591. The molecule has 6 nitrogen and oxygen atoms in total. The maximum atomic E-state index is 13.1. The molecule has 4 aliphatic carbocycles. The molecule has 4 saturated carbocycles. The van der Waals surface area contributed by atoms with E-state index in [1.54, 1.807) is 4.90 Å². The van der Waals surface area contributed by atoms with Crippen LogP contribution in [0.1, 0.15) is 59.3 Å². The normalized spacial score (nSPS) is 39.0. The highest BCUT2D eigenvalue weighted by Crippen LogP contribution is 2.55. The highest BCUT2D eigenvalue weighted by atomic mass is 16.6. The van der Waals surface area contributed by atoms with Crippen molar-refractivity contribution in [1.29, 1.82) is 0 Å². The van der Waals surface area contributed by atoms with Crippen LogP contribution in [0.2, 0.25) is 0 Å². The first-order valence-electron chi connectivity index (χ1n) is 10.1. The number of hydrogen-bond acceptors (Lipinski definition) is 4. The lowest BCUT2D eigenvalue weighted by atomic mass is 9.53. The summed E-state index contributed by atoms with van der Waals surface area (Å²) in [7, 11) is 0. The second kappa shape index (κ2) is 6.39. The molecular formula is C20H32N2O4. The zero-order valence-corrected chi connectivity index (χ0v) is 16.3. The lowest BCUT2D eigenvalue weighted by molar-refractivity contribution is -0.137. The standard InChI is InChI=1S/C20H32N2O4/c1-19(2,3)26-18(24)22-4-5-25-12-16(22)17(23)21-20-9-13-6-14(10-20)8-15(7-13)11-20/h13-16H,4-12H2,1-3H3,(H,21,23)/t13?,14?,15?,16-,20?/m1/s1. The fraction of sp³-hybridized carbons (Fsp3) is 0.900. The van der Waals surface area contributed by atoms with Crippen molar-refractivity contribution < 1.29 is 19.1 Å². The minimum absolute atomic E-state index is 0.0527. The predicted molar refractivity (Wildman–Crippen MR) is 96.6 cm³/mol. The Hall–Kier alpha value is -1.30. The fourth-order valence-corrected chi connectivity index (χ4v) is 5.97. The maximum Gasteiger partial charge on any atom is 0.411 e. The topological polar surface area (TPSA) is 67.9 Å². The summed E-state index contributed by atoms with van der Waals surface area (Å²) in [5, 5.41) is 3.37. The maximum absolute atomic E-state index is 13.1. The molecule has 1 N–H and O–H groups in total. The first-order chi connectivity index (χ1) is 12.2. The molecule has 26 heavy (non-hydrogen) atoms. The molecule has 0 aromatic carbocycles. The smallest absolute Gasteiger partial charge is 0.411 e. The van der Waals surface area contributed by atoms with Crippen LogP contribution in [0.25, 0.3) is 0 Å². The van der Waals surface area contributed by atoms with Crippen molar-refractivity contribution in [2.75, 3.05) is 19.8 Å². The molecule has 0 unspecified atom stereocenters.